The van der Waals surface area contributed by atoms with Gasteiger partial charge in [0.05, 0.1) is 10.6 Å². The van der Waals surface area contributed by atoms with Crippen LogP contribution in [0.5, 0.6) is 0 Å². The van der Waals surface area contributed by atoms with Crippen LogP contribution < -0.4 is 5.32 Å². The highest BCUT2D eigenvalue weighted by molar-refractivity contribution is 8.12. The zero-order valence-electron chi connectivity index (χ0n) is 9.10. The van der Waals surface area contributed by atoms with Crippen LogP contribution in [0, 0.1) is 5.41 Å². The average Bonchev–Trinajstić information content (AvgIpc) is 2.80. The molecule has 0 radical (unpaired) electrons. The molecular weight excluding hydrogens is 236 g/mol. The van der Waals surface area contributed by atoms with Crippen LogP contribution in [0.3, 0.4) is 0 Å². The van der Waals surface area contributed by atoms with Crippen molar-refractivity contribution in [1.82, 2.24) is 15.3 Å². The van der Waals surface area contributed by atoms with Crippen molar-refractivity contribution in [3.63, 3.8) is 0 Å². The fourth-order valence-corrected chi connectivity index (χ4v) is 2.32. The Bertz CT molecular complexity index is 522. The summed E-state index contributed by atoms with van der Waals surface area (Å²) >= 11 is 1.40. The maximum Gasteiger partial charge on any atom is 0.163 e. The molecule has 0 amide bonds. The van der Waals surface area contributed by atoms with E-state index >= 15 is 0 Å². The molecule has 0 saturated heterocycles. The average molecular weight is 246 g/mol. The number of aromatic nitrogens is 2. The Labute approximate surface area is 103 Å². The van der Waals surface area contributed by atoms with Crippen LogP contribution in [-0.2, 0) is 4.79 Å². The lowest BCUT2D eigenvalue weighted by molar-refractivity contribution is -0.113. The molecule has 0 unspecified atom stereocenters. The molecule has 0 fully saturated rings. The van der Waals surface area contributed by atoms with Crippen LogP contribution in [0.2, 0.25) is 0 Å². The summed E-state index contributed by atoms with van der Waals surface area (Å²) in [5.74, 6) is -0.131. The first-order valence-corrected chi connectivity index (χ1v) is 5.69. The van der Waals surface area contributed by atoms with Crippen LogP contribution in [0.4, 0.5) is 0 Å². The van der Waals surface area contributed by atoms with Crippen molar-refractivity contribution in [3.05, 3.63) is 41.1 Å². The maximum atomic E-state index is 11.3. The van der Waals surface area contributed by atoms with Gasteiger partial charge in [-0.25, -0.2) is 9.97 Å². The summed E-state index contributed by atoms with van der Waals surface area (Å²) < 4.78 is 0. The molecule has 5 nitrogen and oxygen atoms in total. The molecule has 2 rings (SSSR count). The van der Waals surface area contributed by atoms with Gasteiger partial charge >= 0.3 is 0 Å². The molecule has 1 aliphatic rings. The van der Waals surface area contributed by atoms with Crippen molar-refractivity contribution in [3.8, 4) is 0 Å². The van der Waals surface area contributed by atoms with Gasteiger partial charge in [-0.3, -0.25) is 4.79 Å². The Hall–Kier alpha value is -1.95. The minimum atomic E-state index is -0.131. The van der Waals surface area contributed by atoms with Gasteiger partial charge in [-0.05, 0) is 6.92 Å². The first-order chi connectivity index (χ1) is 8.22. The molecular formula is C11H10N4OS. The van der Waals surface area contributed by atoms with Gasteiger partial charge in [-0.2, -0.15) is 0 Å². The lowest BCUT2D eigenvalue weighted by Crippen LogP contribution is -2.07. The number of rotatable bonds is 3. The van der Waals surface area contributed by atoms with Crippen LogP contribution in [-0.4, -0.2) is 22.0 Å². The smallest absolute Gasteiger partial charge is 0.163 e. The van der Waals surface area contributed by atoms with Gasteiger partial charge in [0.2, 0.25) is 0 Å². The number of nitrogens with zero attached hydrogens (tertiary/aromatic N) is 2. The van der Waals surface area contributed by atoms with Gasteiger partial charge in [-0.1, -0.05) is 11.8 Å². The minimum Gasteiger partial charge on any atom is -0.354 e. The summed E-state index contributed by atoms with van der Waals surface area (Å²) in [6.45, 7) is 1.44. The fraction of sp³-hybridized carbons (Fsp3) is 0.0909. The van der Waals surface area contributed by atoms with Gasteiger partial charge in [0.15, 0.2) is 5.78 Å². The summed E-state index contributed by atoms with van der Waals surface area (Å²) in [4.78, 5) is 20.1. The largest absolute Gasteiger partial charge is 0.354 e. The van der Waals surface area contributed by atoms with Gasteiger partial charge in [0.25, 0.3) is 0 Å². The Balaban J connectivity index is 2.25. The number of ketones is 1. The van der Waals surface area contributed by atoms with E-state index in [2.05, 4.69) is 15.3 Å². The second kappa shape index (κ2) is 4.92. The Morgan fingerprint density at radius 3 is 2.76 bits per heavy atom. The molecule has 2 heterocycles. The van der Waals surface area contributed by atoms with Crippen molar-refractivity contribution >= 4 is 28.7 Å². The summed E-state index contributed by atoms with van der Waals surface area (Å²) in [7, 11) is 0. The normalized spacial score (nSPS) is 17.1. The van der Waals surface area contributed by atoms with E-state index in [0.29, 0.717) is 10.6 Å². The predicted octanol–water partition coefficient (Wildman–Crippen LogP) is 1.56. The Morgan fingerprint density at radius 2 is 2.18 bits per heavy atom. The highest BCUT2D eigenvalue weighted by Gasteiger charge is 2.18. The molecule has 1 aliphatic heterocycles. The topological polar surface area (TPSA) is 78.7 Å². The second-order valence-corrected chi connectivity index (χ2v) is 4.38. The number of hydrogen-bond donors (Lipinski definition) is 2. The predicted molar refractivity (Wildman–Crippen MR) is 67.2 cm³/mol. The SMILES string of the molecule is CC(=O)/C(C=N)=C1/NC=C(c2cncnc2)S1. The summed E-state index contributed by atoms with van der Waals surface area (Å²) in [5, 5.41) is 10.9. The van der Waals surface area contributed by atoms with Crippen molar-refractivity contribution < 1.29 is 4.79 Å². The highest BCUT2D eigenvalue weighted by Crippen LogP contribution is 2.37. The van der Waals surface area contributed by atoms with Gasteiger partial charge in [0, 0.05) is 35.3 Å². The molecule has 0 aromatic carbocycles. The van der Waals surface area contributed by atoms with Crippen molar-refractivity contribution in [2.75, 3.05) is 0 Å². The van der Waals surface area contributed by atoms with E-state index < -0.39 is 0 Å². The summed E-state index contributed by atoms with van der Waals surface area (Å²) in [6, 6.07) is 0. The number of thioether (sulfide) groups is 1. The van der Waals surface area contributed by atoms with Gasteiger partial charge < -0.3 is 10.7 Å². The first-order valence-electron chi connectivity index (χ1n) is 4.88. The number of nitrogens with one attached hydrogen (secondary N) is 2. The van der Waals surface area contributed by atoms with E-state index in [-0.39, 0.29) is 5.78 Å². The van der Waals surface area contributed by atoms with Crippen LogP contribution >= 0.6 is 11.8 Å². The molecule has 1 aromatic rings. The van der Waals surface area contributed by atoms with E-state index in [1.807, 2.05) is 0 Å². The summed E-state index contributed by atoms with van der Waals surface area (Å²) in [5.41, 5.74) is 1.26. The van der Waals surface area contributed by atoms with E-state index in [4.69, 9.17) is 5.41 Å². The Kier molecular flexibility index (Phi) is 3.34. The van der Waals surface area contributed by atoms with E-state index in [0.717, 1.165) is 16.7 Å². The minimum absolute atomic E-state index is 0.131. The molecule has 86 valence electrons. The highest BCUT2D eigenvalue weighted by atomic mass is 32.2. The molecule has 17 heavy (non-hydrogen) atoms. The summed E-state index contributed by atoms with van der Waals surface area (Å²) in [6.07, 6.45) is 7.72. The first kappa shape index (κ1) is 11.5. The standard InChI is InChI=1S/C11H10N4OS/c1-7(16)9(2-12)11-15-5-10(17-11)8-3-13-6-14-4-8/h2-6,12,15H,1H3/b11-9-,12-2?. The van der Waals surface area contributed by atoms with E-state index in [1.165, 1.54) is 25.0 Å². The lowest BCUT2D eigenvalue weighted by Gasteiger charge is -2.02. The lowest BCUT2D eigenvalue weighted by atomic mass is 10.2. The quantitative estimate of drug-likeness (QED) is 0.625. The Morgan fingerprint density at radius 1 is 1.47 bits per heavy atom. The number of Topliss-reactive ketones (excluding diaryl/α,β-unsaturated/α-hetero) is 1. The molecule has 0 saturated carbocycles. The van der Waals surface area contributed by atoms with Gasteiger partial charge in [0.1, 0.15) is 6.33 Å². The molecule has 0 atom stereocenters. The monoisotopic (exact) mass is 246 g/mol. The number of carbonyl (C=O) groups excluding carboxylic acids is 1. The molecule has 0 bridgehead atoms. The third kappa shape index (κ3) is 2.42. The van der Waals surface area contributed by atoms with Crippen LogP contribution in [0.15, 0.2) is 35.5 Å². The van der Waals surface area contributed by atoms with Crippen molar-refractivity contribution in [1.29, 1.82) is 5.41 Å². The number of carbonyl (C=O) groups is 1. The van der Waals surface area contributed by atoms with E-state index in [9.17, 15) is 4.79 Å². The molecule has 6 heteroatoms. The zero-order valence-corrected chi connectivity index (χ0v) is 9.91. The zero-order chi connectivity index (χ0) is 12.3. The molecule has 0 aliphatic carbocycles. The molecule has 0 spiro atoms. The molecule has 1 aromatic heterocycles. The second-order valence-electron chi connectivity index (χ2n) is 3.33. The third-order valence-corrected chi connectivity index (χ3v) is 3.28. The van der Waals surface area contributed by atoms with Crippen LogP contribution in [0.1, 0.15) is 12.5 Å². The fourth-order valence-electron chi connectivity index (χ4n) is 1.33. The third-order valence-electron chi connectivity index (χ3n) is 2.16. The van der Waals surface area contributed by atoms with Crippen LogP contribution in [0.25, 0.3) is 4.91 Å². The van der Waals surface area contributed by atoms with E-state index in [1.54, 1.807) is 18.6 Å². The van der Waals surface area contributed by atoms with Gasteiger partial charge in [-0.15, -0.1) is 0 Å². The maximum absolute atomic E-state index is 11.3. The number of allylic oxidation sites excluding steroid dienone is 1. The van der Waals surface area contributed by atoms with Crippen molar-refractivity contribution in [2.24, 2.45) is 0 Å². The van der Waals surface area contributed by atoms with Crippen molar-refractivity contribution in [2.45, 2.75) is 6.92 Å². The molecule has 2 N–H and O–H groups in total. The number of hydrogen-bond acceptors (Lipinski definition) is 6.